The van der Waals surface area contributed by atoms with Crippen molar-refractivity contribution in [3.8, 4) is 0 Å². The molecule has 1 rings (SSSR count). The first-order valence-electron chi connectivity index (χ1n) is 9.72. The van der Waals surface area contributed by atoms with E-state index in [1.807, 2.05) is 6.07 Å². The minimum absolute atomic E-state index is 0.00541. The highest BCUT2D eigenvalue weighted by Crippen LogP contribution is 2.12. The molecule has 0 spiro atoms. The molecule has 8 heteroatoms. The Morgan fingerprint density at radius 3 is 2.48 bits per heavy atom. The van der Waals surface area contributed by atoms with E-state index >= 15 is 0 Å². The molecule has 160 valence electrons. The maximum absolute atomic E-state index is 12.6. The van der Waals surface area contributed by atoms with Crippen LogP contribution in [0.2, 0.25) is 0 Å². The average molecular weight is 424 g/mol. The summed E-state index contributed by atoms with van der Waals surface area (Å²) in [4.78, 5) is 47.3. The summed E-state index contributed by atoms with van der Waals surface area (Å²) in [6, 6.07) is 6.19. The highest BCUT2D eigenvalue weighted by molar-refractivity contribution is 8.13. The zero-order chi connectivity index (χ0) is 21.6. The highest BCUT2D eigenvalue weighted by Gasteiger charge is 2.24. The molecule has 0 unspecified atom stereocenters. The number of hydrogen-bond acceptors (Lipinski definition) is 7. The number of carbonyl (C=O) groups excluding carboxylic acids is 4. The summed E-state index contributed by atoms with van der Waals surface area (Å²) >= 11 is 1.28. The number of aryl methyl sites for hydroxylation is 1. The van der Waals surface area contributed by atoms with Crippen LogP contribution in [0.5, 0.6) is 0 Å². The largest absolute Gasteiger partial charge is 0.466 e. The number of thioether (sulfide) groups is 1. The van der Waals surface area contributed by atoms with Crippen LogP contribution in [0, 0.1) is 0 Å². The van der Waals surface area contributed by atoms with Crippen molar-refractivity contribution in [3.05, 3.63) is 35.4 Å². The van der Waals surface area contributed by atoms with Crippen molar-refractivity contribution < 1.29 is 28.7 Å². The van der Waals surface area contributed by atoms with E-state index in [0.29, 0.717) is 5.56 Å². The van der Waals surface area contributed by atoms with Gasteiger partial charge in [0.25, 0.3) is 5.91 Å². The van der Waals surface area contributed by atoms with Gasteiger partial charge in [-0.2, -0.15) is 0 Å². The van der Waals surface area contributed by atoms with Crippen molar-refractivity contribution in [1.29, 1.82) is 0 Å². The van der Waals surface area contributed by atoms with E-state index in [4.69, 9.17) is 9.47 Å². The van der Waals surface area contributed by atoms with Crippen LogP contribution in [-0.2, 0) is 30.3 Å². The van der Waals surface area contributed by atoms with Crippen molar-refractivity contribution in [2.45, 2.75) is 52.5 Å². The summed E-state index contributed by atoms with van der Waals surface area (Å²) in [6.07, 6.45) is 1.67. The van der Waals surface area contributed by atoms with Crippen molar-refractivity contribution in [1.82, 2.24) is 5.32 Å². The molecule has 0 bridgehead atoms. The predicted octanol–water partition coefficient (Wildman–Crippen LogP) is 2.90. The van der Waals surface area contributed by atoms with Crippen molar-refractivity contribution >= 4 is 34.7 Å². The lowest BCUT2D eigenvalue weighted by molar-refractivity contribution is -0.146. The fourth-order valence-electron chi connectivity index (χ4n) is 2.59. The van der Waals surface area contributed by atoms with Gasteiger partial charge in [-0.15, -0.1) is 0 Å². The second kappa shape index (κ2) is 13.8. The minimum atomic E-state index is -0.928. The second-order valence-electron chi connectivity index (χ2n) is 6.27. The summed E-state index contributed by atoms with van der Waals surface area (Å²) in [5, 5.41) is 2.74. The van der Waals surface area contributed by atoms with E-state index in [-0.39, 0.29) is 31.2 Å². The Labute approximate surface area is 175 Å². The molecule has 0 aliphatic carbocycles. The van der Waals surface area contributed by atoms with Gasteiger partial charge in [-0.3, -0.25) is 14.4 Å². The zero-order valence-electron chi connectivity index (χ0n) is 17.2. The second-order valence-corrected chi connectivity index (χ2v) is 7.54. The van der Waals surface area contributed by atoms with E-state index in [9.17, 15) is 19.2 Å². The van der Waals surface area contributed by atoms with Crippen molar-refractivity contribution in [2.24, 2.45) is 0 Å². The molecule has 1 amide bonds. The van der Waals surface area contributed by atoms with Gasteiger partial charge in [-0.1, -0.05) is 23.9 Å². The number of nitrogens with one attached hydrogen (secondary N) is 1. The van der Waals surface area contributed by atoms with E-state index in [2.05, 4.69) is 5.32 Å². The Balaban J connectivity index is 2.72. The molecule has 0 aliphatic heterocycles. The molecule has 0 saturated carbocycles. The lowest BCUT2D eigenvalue weighted by atomic mass is 10.1. The van der Waals surface area contributed by atoms with Crippen LogP contribution in [0.15, 0.2) is 24.3 Å². The summed E-state index contributed by atoms with van der Waals surface area (Å²) in [6.45, 7) is 5.35. The SMILES string of the molecule is CCOC(=O)CC[C@H](NC(=O)c1cccc(CCCSC(C)=O)c1)C(=O)OCC. The topological polar surface area (TPSA) is 98.8 Å². The van der Waals surface area contributed by atoms with E-state index in [1.54, 1.807) is 32.0 Å². The molecule has 1 aromatic rings. The van der Waals surface area contributed by atoms with Gasteiger partial charge in [0.15, 0.2) is 5.12 Å². The standard InChI is InChI=1S/C21H29NO6S/c1-4-27-19(24)12-11-18(21(26)28-5-2)22-20(25)17-10-6-8-16(14-17)9-7-13-29-15(3)23/h6,8,10,14,18H,4-5,7,9,11-13H2,1-3H3,(H,22,25)/t18-/m0/s1. The number of ether oxygens (including phenoxy) is 2. The molecule has 1 N–H and O–H groups in total. The first-order chi connectivity index (χ1) is 13.9. The van der Waals surface area contributed by atoms with Crippen LogP contribution in [0.1, 0.15) is 56.0 Å². The van der Waals surface area contributed by atoms with Gasteiger partial charge in [-0.05, 0) is 50.8 Å². The molecule has 0 fully saturated rings. The van der Waals surface area contributed by atoms with Gasteiger partial charge in [-0.25, -0.2) is 4.79 Å². The normalized spacial score (nSPS) is 11.4. The fourth-order valence-corrected chi connectivity index (χ4v) is 3.17. The Bertz CT molecular complexity index is 706. The predicted molar refractivity (Wildman–Crippen MR) is 112 cm³/mol. The molecule has 0 heterocycles. The lowest BCUT2D eigenvalue weighted by Gasteiger charge is -2.17. The average Bonchev–Trinajstić information content (AvgIpc) is 2.68. The van der Waals surface area contributed by atoms with Gasteiger partial charge in [0, 0.05) is 24.7 Å². The Hall–Kier alpha value is -2.35. The molecule has 29 heavy (non-hydrogen) atoms. The fraction of sp³-hybridized carbons (Fsp3) is 0.524. The van der Waals surface area contributed by atoms with Crippen LogP contribution in [0.4, 0.5) is 0 Å². The van der Waals surface area contributed by atoms with E-state index in [0.717, 1.165) is 24.2 Å². The molecular formula is C21H29NO6S. The molecule has 0 radical (unpaired) electrons. The van der Waals surface area contributed by atoms with Crippen LogP contribution >= 0.6 is 11.8 Å². The van der Waals surface area contributed by atoms with E-state index < -0.39 is 23.9 Å². The van der Waals surface area contributed by atoms with Crippen molar-refractivity contribution in [2.75, 3.05) is 19.0 Å². The monoisotopic (exact) mass is 423 g/mol. The van der Waals surface area contributed by atoms with E-state index in [1.165, 1.54) is 18.7 Å². The quantitative estimate of drug-likeness (QED) is 0.408. The van der Waals surface area contributed by atoms with Gasteiger partial charge >= 0.3 is 11.9 Å². The highest BCUT2D eigenvalue weighted by atomic mass is 32.2. The lowest BCUT2D eigenvalue weighted by Crippen LogP contribution is -2.42. The zero-order valence-corrected chi connectivity index (χ0v) is 18.0. The van der Waals surface area contributed by atoms with Gasteiger partial charge in [0.1, 0.15) is 6.04 Å². The third kappa shape index (κ3) is 10.1. The molecule has 0 saturated heterocycles. The first-order valence-corrected chi connectivity index (χ1v) is 10.7. The van der Waals surface area contributed by atoms with Crippen molar-refractivity contribution in [3.63, 3.8) is 0 Å². The Morgan fingerprint density at radius 2 is 1.83 bits per heavy atom. The number of esters is 2. The number of rotatable bonds is 12. The molecule has 1 aromatic carbocycles. The van der Waals surface area contributed by atoms with Crippen LogP contribution in [0.3, 0.4) is 0 Å². The minimum Gasteiger partial charge on any atom is -0.466 e. The number of amides is 1. The van der Waals surface area contributed by atoms with Gasteiger partial charge in [0.05, 0.1) is 13.2 Å². The van der Waals surface area contributed by atoms with Gasteiger partial charge < -0.3 is 14.8 Å². The molecule has 0 aliphatic rings. The first kappa shape index (κ1) is 24.7. The summed E-state index contributed by atoms with van der Waals surface area (Å²) in [5.74, 6) is -0.694. The van der Waals surface area contributed by atoms with Gasteiger partial charge in [0.2, 0.25) is 0 Å². The third-order valence-electron chi connectivity index (χ3n) is 3.92. The number of benzene rings is 1. The third-order valence-corrected chi connectivity index (χ3v) is 4.82. The summed E-state index contributed by atoms with van der Waals surface area (Å²) in [7, 11) is 0. The maximum atomic E-state index is 12.6. The molecule has 7 nitrogen and oxygen atoms in total. The Kier molecular flexibility index (Phi) is 11.7. The van der Waals surface area contributed by atoms with Crippen LogP contribution < -0.4 is 5.32 Å². The molecule has 1 atom stereocenters. The molecule has 0 aromatic heterocycles. The maximum Gasteiger partial charge on any atom is 0.328 e. The summed E-state index contributed by atoms with van der Waals surface area (Å²) < 4.78 is 9.88. The molecular weight excluding hydrogens is 394 g/mol. The van der Waals surface area contributed by atoms with Crippen LogP contribution in [0.25, 0.3) is 0 Å². The van der Waals surface area contributed by atoms with Crippen LogP contribution in [-0.4, -0.2) is 48.0 Å². The Morgan fingerprint density at radius 1 is 1.10 bits per heavy atom. The number of carbonyl (C=O) groups is 4. The summed E-state index contributed by atoms with van der Waals surface area (Å²) in [5.41, 5.74) is 1.40. The smallest absolute Gasteiger partial charge is 0.328 e. The number of hydrogen-bond donors (Lipinski definition) is 1.